The largest absolute Gasteiger partial charge is 0.468 e. The molecule has 0 spiro atoms. The highest BCUT2D eigenvalue weighted by Gasteiger charge is 2.29. The van der Waals surface area contributed by atoms with E-state index in [4.69, 9.17) is 4.74 Å². The summed E-state index contributed by atoms with van der Waals surface area (Å²) in [5.41, 5.74) is -0.233. The van der Waals surface area contributed by atoms with Crippen LogP contribution in [0, 0.1) is 5.92 Å². The topological polar surface area (TPSA) is 84.0 Å². The van der Waals surface area contributed by atoms with Gasteiger partial charge in [-0.2, -0.15) is 13.2 Å². The molecule has 11 heteroatoms. The number of carbonyl (C=O) groups excluding carboxylic acids is 2. The lowest BCUT2D eigenvalue weighted by Crippen LogP contribution is -2.46. The lowest BCUT2D eigenvalue weighted by atomic mass is 9.98. The average molecular weight is 446 g/mol. The summed E-state index contributed by atoms with van der Waals surface area (Å²) in [7, 11) is 1.67. The van der Waals surface area contributed by atoms with Crippen molar-refractivity contribution in [1.29, 1.82) is 0 Å². The van der Waals surface area contributed by atoms with Crippen molar-refractivity contribution in [2.75, 3.05) is 38.6 Å². The van der Waals surface area contributed by atoms with Crippen molar-refractivity contribution < 1.29 is 32.2 Å². The molecule has 3 amide bonds. The third kappa shape index (κ3) is 8.89. The number of pyridine rings is 1. The van der Waals surface area contributed by atoms with E-state index >= 15 is 0 Å². The number of rotatable bonds is 5. The second-order valence-corrected chi connectivity index (χ2v) is 8.53. The van der Waals surface area contributed by atoms with Crippen LogP contribution in [-0.4, -0.2) is 72.0 Å². The molecule has 1 aliphatic heterocycles. The van der Waals surface area contributed by atoms with E-state index in [1.165, 1.54) is 23.2 Å². The lowest BCUT2D eigenvalue weighted by Gasteiger charge is -2.35. The molecule has 1 N–H and O–H groups in total. The summed E-state index contributed by atoms with van der Waals surface area (Å²) < 4.78 is 46.4. The van der Waals surface area contributed by atoms with E-state index < -0.39 is 24.5 Å². The molecule has 1 aromatic rings. The monoisotopic (exact) mass is 446 g/mol. The van der Waals surface area contributed by atoms with Gasteiger partial charge in [-0.1, -0.05) is 0 Å². The number of piperidine rings is 1. The predicted molar refractivity (Wildman–Crippen MR) is 108 cm³/mol. The van der Waals surface area contributed by atoms with Crippen molar-refractivity contribution in [3.63, 3.8) is 0 Å². The Morgan fingerprint density at radius 3 is 2.58 bits per heavy atom. The van der Waals surface area contributed by atoms with Crippen molar-refractivity contribution >= 4 is 17.8 Å². The van der Waals surface area contributed by atoms with Gasteiger partial charge in [0.15, 0.2) is 6.61 Å². The van der Waals surface area contributed by atoms with E-state index in [0.29, 0.717) is 25.3 Å². The summed E-state index contributed by atoms with van der Waals surface area (Å²) >= 11 is 0. The number of carbonyl (C=O) groups is 2. The molecule has 0 aliphatic carbocycles. The fourth-order valence-corrected chi connectivity index (χ4v) is 3.10. The Kier molecular flexibility index (Phi) is 7.96. The van der Waals surface area contributed by atoms with Crippen LogP contribution in [0.5, 0.6) is 5.88 Å². The van der Waals surface area contributed by atoms with Gasteiger partial charge < -0.3 is 24.6 Å². The molecule has 1 aromatic heterocycles. The number of anilines is 1. The van der Waals surface area contributed by atoms with Crippen LogP contribution in [0.25, 0.3) is 0 Å². The van der Waals surface area contributed by atoms with E-state index in [0.717, 1.165) is 12.8 Å². The van der Waals surface area contributed by atoms with Crippen LogP contribution >= 0.6 is 0 Å². The highest BCUT2D eigenvalue weighted by molar-refractivity contribution is 5.89. The van der Waals surface area contributed by atoms with E-state index in [9.17, 15) is 22.8 Å². The molecule has 31 heavy (non-hydrogen) atoms. The van der Waals surface area contributed by atoms with Crippen LogP contribution in [-0.2, 0) is 4.74 Å². The van der Waals surface area contributed by atoms with Crippen molar-refractivity contribution in [2.45, 2.75) is 45.4 Å². The minimum atomic E-state index is -4.45. The first-order valence-corrected chi connectivity index (χ1v) is 9.98. The third-order valence-electron chi connectivity index (χ3n) is 4.41. The summed E-state index contributed by atoms with van der Waals surface area (Å²) in [4.78, 5) is 31.6. The van der Waals surface area contributed by atoms with E-state index in [-0.39, 0.29) is 17.8 Å². The zero-order valence-corrected chi connectivity index (χ0v) is 18.2. The molecule has 1 aliphatic rings. The molecule has 1 fully saturated rings. The molecular weight excluding hydrogens is 417 g/mol. The second kappa shape index (κ2) is 10.1. The maximum atomic E-state index is 12.6. The highest BCUT2D eigenvalue weighted by atomic mass is 19.4. The number of hydrogen-bond donors (Lipinski definition) is 1. The van der Waals surface area contributed by atoms with Gasteiger partial charge in [-0.25, -0.2) is 14.6 Å². The van der Waals surface area contributed by atoms with E-state index in [1.54, 1.807) is 32.7 Å². The Hall–Kier alpha value is -2.72. The molecule has 0 radical (unpaired) electrons. The highest BCUT2D eigenvalue weighted by Crippen LogP contribution is 2.21. The van der Waals surface area contributed by atoms with Crippen molar-refractivity contribution in [3.8, 4) is 5.88 Å². The van der Waals surface area contributed by atoms with Gasteiger partial charge in [-0.05, 0) is 45.6 Å². The van der Waals surface area contributed by atoms with Crippen molar-refractivity contribution in [3.05, 3.63) is 18.3 Å². The second-order valence-electron chi connectivity index (χ2n) is 8.53. The molecule has 0 saturated carbocycles. The number of nitrogens with one attached hydrogen (secondary N) is 1. The maximum absolute atomic E-state index is 12.6. The summed E-state index contributed by atoms with van der Waals surface area (Å²) in [6, 6.07) is 2.35. The fraction of sp³-hybridized carbons (Fsp3) is 0.650. The molecule has 174 valence electrons. The first kappa shape index (κ1) is 24.5. The molecular formula is C20H29F3N4O4. The standard InChI is InChI=1S/C20H29F3N4O4/c1-19(2,3)31-18(29)26(4)11-14-6-5-9-27(12-14)17(28)25-15-7-8-16(24-10-15)30-13-20(21,22)23/h7-8,10,14H,5-6,9,11-13H2,1-4H3,(H,25,28). The number of amides is 3. The van der Waals surface area contributed by atoms with E-state index in [2.05, 4.69) is 15.0 Å². The quantitative estimate of drug-likeness (QED) is 0.735. The van der Waals surface area contributed by atoms with Gasteiger partial charge in [-0.15, -0.1) is 0 Å². The number of aromatic nitrogens is 1. The van der Waals surface area contributed by atoms with Gasteiger partial charge >= 0.3 is 18.3 Å². The van der Waals surface area contributed by atoms with Gasteiger partial charge in [0, 0.05) is 32.7 Å². The number of likely N-dealkylation sites (tertiary alicyclic amines) is 1. The first-order valence-electron chi connectivity index (χ1n) is 9.98. The van der Waals surface area contributed by atoms with Gasteiger partial charge in [-0.3, -0.25) is 0 Å². The van der Waals surface area contributed by atoms with Gasteiger partial charge in [0.2, 0.25) is 5.88 Å². The summed E-state index contributed by atoms with van der Waals surface area (Å²) in [5.74, 6) is -0.0770. The zero-order valence-electron chi connectivity index (χ0n) is 18.2. The van der Waals surface area contributed by atoms with Crippen LogP contribution in [0.2, 0.25) is 0 Å². The lowest BCUT2D eigenvalue weighted by molar-refractivity contribution is -0.154. The fourth-order valence-electron chi connectivity index (χ4n) is 3.10. The molecule has 1 unspecified atom stereocenters. The molecule has 1 saturated heterocycles. The molecule has 0 bridgehead atoms. The maximum Gasteiger partial charge on any atom is 0.422 e. The molecule has 1 atom stereocenters. The number of halogens is 3. The van der Waals surface area contributed by atoms with Crippen LogP contribution in [0.1, 0.15) is 33.6 Å². The van der Waals surface area contributed by atoms with Gasteiger partial charge in [0.05, 0.1) is 11.9 Å². The number of nitrogens with zero attached hydrogens (tertiary/aromatic N) is 3. The number of alkyl halides is 3. The average Bonchev–Trinajstić information content (AvgIpc) is 2.65. The Morgan fingerprint density at radius 2 is 2.00 bits per heavy atom. The Balaban J connectivity index is 1.85. The Morgan fingerprint density at radius 1 is 1.29 bits per heavy atom. The minimum Gasteiger partial charge on any atom is -0.468 e. The van der Waals surface area contributed by atoms with Crippen LogP contribution < -0.4 is 10.1 Å². The Labute approximate surface area is 179 Å². The smallest absolute Gasteiger partial charge is 0.422 e. The number of urea groups is 1. The molecule has 8 nitrogen and oxygen atoms in total. The van der Waals surface area contributed by atoms with Crippen molar-refractivity contribution in [2.24, 2.45) is 5.92 Å². The van der Waals surface area contributed by atoms with Gasteiger partial charge in [0.1, 0.15) is 5.60 Å². The third-order valence-corrected chi connectivity index (χ3v) is 4.41. The summed E-state index contributed by atoms with van der Waals surface area (Å²) in [6.07, 6.45) is -1.95. The minimum absolute atomic E-state index is 0.105. The normalized spacial score (nSPS) is 17.1. The SMILES string of the molecule is CN(CC1CCCN(C(=O)Nc2ccc(OCC(F)(F)F)nc2)C1)C(=O)OC(C)(C)C. The first-order chi connectivity index (χ1) is 14.3. The van der Waals surface area contributed by atoms with Gasteiger partial charge in [0.25, 0.3) is 0 Å². The molecule has 2 heterocycles. The van der Waals surface area contributed by atoms with Crippen LogP contribution in [0.3, 0.4) is 0 Å². The predicted octanol–water partition coefficient (Wildman–Crippen LogP) is 4.13. The van der Waals surface area contributed by atoms with Crippen LogP contribution in [0.4, 0.5) is 28.4 Å². The van der Waals surface area contributed by atoms with Crippen molar-refractivity contribution in [1.82, 2.24) is 14.8 Å². The van der Waals surface area contributed by atoms with Crippen LogP contribution in [0.15, 0.2) is 18.3 Å². The van der Waals surface area contributed by atoms with E-state index in [1.807, 2.05) is 0 Å². The number of ether oxygens (including phenoxy) is 2. The summed E-state index contributed by atoms with van der Waals surface area (Å²) in [5, 5.41) is 2.68. The number of hydrogen-bond acceptors (Lipinski definition) is 5. The molecule has 0 aromatic carbocycles. The Bertz CT molecular complexity index is 750. The zero-order chi connectivity index (χ0) is 23.2. The summed E-state index contributed by atoms with van der Waals surface area (Å²) in [6.45, 7) is 5.47. The molecule has 2 rings (SSSR count).